The molecule has 5 rings (SSSR count). The number of hydrogen-bond donors (Lipinski definition) is 2. The van der Waals surface area contributed by atoms with E-state index in [0.29, 0.717) is 23.3 Å². The van der Waals surface area contributed by atoms with Gasteiger partial charge in [-0.15, -0.1) is 12.4 Å². The number of carboxylic acids is 1. The number of halogens is 2. The van der Waals surface area contributed by atoms with Crippen LogP contribution in [0.3, 0.4) is 0 Å². The van der Waals surface area contributed by atoms with Crippen molar-refractivity contribution in [1.29, 1.82) is 0 Å². The van der Waals surface area contributed by atoms with Gasteiger partial charge in [0.05, 0.1) is 17.4 Å². The molecule has 6 nitrogen and oxygen atoms in total. The third kappa shape index (κ3) is 2.86. The first kappa shape index (κ1) is 20.2. The predicted molar refractivity (Wildman–Crippen MR) is 111 cm³/mol. The van der Waals surface area contributed by atoms with Gasteiger partial charge in [-0.05, 0) is 55.7 Å². The molecule has 2 saturated carbocycles. The van der Waals surface area contributed by atoms with Crippen LogP contribution in [0.15, 0.2) is 17.1 Å². The Hall–Kier alpha value is -2.12. The lowest BCUT2D eigenvalue weighted by Crippen LogP contribution is -2.45. The van der Waals surface area contributed by atoms with Gasteiger partial charge in [0, 0.05) is 24.5 Å². The molecule has 1 unspecified atom stereocenters. The SMILES string of the molecule is Cc1c(N2CC(N)C3(CCC3)C2)c(F)cn2c(=O)c(C(=O)O)cc(C3CC3)c12.Cl. The van der Waals surface area contributed by atoms with E-state index < -0.39 is 17.3 Å². The lowest BCUT2D eigenvalue weighted by atomic mass is 9.66. The first-order chi connectivity index (χ1) is 13.3. The van der Waals surface area contributed by atoms with Gasteiger partial charge in [0.2, 0.25) is 0 Å². The van der Waals surface area contributed by atoms with Crippen molar-refractivity contribution >= 4 is 29.6 Å². The summed E-state index contributed by atoms with van der Waals surface area (Å²) < 4.78 is 16.4. The number of carbonyl (C=O) groups is 1. The molecule has 0 amide bonds. The number of aromatic nitrogens is 1. The van der Waals surface area contributed by atoms with Crippen LogP contribution in [0.5, 0.6) is 0 Å². The van der Waals surface area contributed by atoms with E-state index in [1.54, 1.807) is 0 Å². The van der Waals surface area contributed by atoms with Crippen molar-refractivity contribution in [2.75, 3.05) is 18.0 Å². The minimum absolute atomic E-state index is 0. The smallest absolute Gasteiger partial charge is 0.341 e. The average Bonchev–Trinajstić information content (AvgIpc) is 3.37. The number of hydrogen-bond acceptors (Lipinski definition) is 4. The molecule has 2 aromatic rings. The third-order valence-corrected chi connectivity index (χ3v) is 7.07. The molecule has 8 heteroatoms. The fourth-order valence-electron chi connectivity index (χ4n) is 5.21. The van der Waals surface area contributed by atoms with Crippen LogP contribution in [0.25, 0.3) is 5.52 Å². The number of nitrogens with two attached hydrogens (primary N) is 1. The minimum atomic E-state index is -1.28. The maximum Gasteiger partial charge on any atom is 0.341 e. The molecule has 0 bridgehead atoms. The number of nitrogens with zero attached hydrogens (tertiary/aromatic N) is 2. The summed E-state index contributed by atoms with van der Waals surface area (Å²) in [6, 6.07) is 1.52. The zero-order valence-corrected chi connectivity index (χ0v) is 17.1. The molecule has 1 saturated heterocycles. The van der Waals surface area contributed by atoms with Crippen LogP contribution >= 0.6 is 12.4 Å². The van der Waals surface area contributed by atoms with Crippen molar-refractivity contribution in [2.24, 2.45) is 11.1 Å². The van der Waals surface area contributed by atoms with Gasteiger partial charge in [-0.3, -0.25) is 9.20 Å². The number of aromatic carboxylic acids is 1. The van der Waals surface area contributed by atoms with Gasteiger partial charge >= 0.3 is 5.97 Å². The fourth-order valence-corrected chi connectivity index (χ4v) is 5.21. The van der Waals surface area contributed by atoms with Crippen molar-refractivity contribution in [2.45, 2.75) is 51.0 Å². The highest BCUT2D eigenvalue weighted by Crippen LogP contribution is 2.49. The Labute approximate surface area is 173 Å². The van der Waals surface area contributed by atoms with E-state index in [1.165, 1.54) is 16.9 Å². The fraction of sp³-hybridized carbons (Fsp3) is 0.524. The van der Waals surface area contributed by atoms with E-state index in [4.69, 9.17) is 5.73 Å². The van der Waals surface area contributed by atoms with Crippen molar-refractivity contribution in [3.8, 4) is 0 Å². The number of anilines is 1. The normalized spacial score (nSPS) is 22.6. The molecule has 3 aliphatic rings. The summed E-state index contributed by atoms with van der Waals surface area (Å²) in [4.78, 5) is 26.2. The van der Waals surface area contributed by atoms with Gasteiger partial charge in [-0.1, -0.05) is 6.42 Å². The molecule has 2 aliphatic carbocycles. The maximum atomic E-state index is 15.2. The lowest BCUT2D eigenvalue weighted by Gasteiger charge is -2.41. The molecule has 29 heavy (non-hydrogen) atoms. The average molecular weight is 422 g/mol. The molecule has 1 spiro atoms. The second-order valence-corrected chi connectivity index (χ2v) is 8.77. The summed E-state index contributed by atoms with van der Waals surface area (Å²) in [6.07, 6.45) is 6.39. The van der Waals surface area contributed by atoms with Crippen LogP contribution in [0, 0.1) is 18.2 Å². The minimum Gasteiger partial charge on any atom is -0.477 e. The van der Waals surface area contributed by atoms with Gasteiger partial charge < -0.3 is 15.7 Å². The summed E-state index contributed by atoms with van der Waals surface area (Å²) in [7, 11) is 0. The number of aryl methyl sites for hydroxylation is 1. The molecule has 1 aliphatic heterocycles. The third-order valence-electron chi connectivity index (χ3n) is 7.07. The molecule has 156 valence electrons. The van der Waals surface area contributed by atoms with Gasteiger partial charge in [-0.2, -0.15) is 0 Å². The largest absolute Gasteiger partial charge is 0.477 e. The molecular formula is C21H25ClFN3O3. The zero-order valence-electron chi connectivity index (χ0n) is 16.3. The summed E-state index contributed by atoms with van der Waals surface area (Å²) >= 11 is 0. The number of rotatable bonds is 3. The summed E-state index contributed by atoms with van der Waals surface area (Å²) in [5.74, 6) is -1.55. The monoisotopic (exact) mass is 421 g/mol. The Balaban J connectivity index is 0.00000205. The number of pyridine rings is 2. The second-order valence-electron chi connectivity index (χ2n) is 8.77. The van der Waals surface area contributed by atoms with E-state index >= 15 is 4.39 Å². The zero-order chi connectivity index (χ0) is 19.8. The van der Waals surface area contributed by atoms with Gasteiger partial charge in [0.1, 0.15) is 5.56 Å². The second kappa shape index (κ2) is 6.71. The Bertz CT molecular complexity index is 1080. The highest BCUT2D eigenvalue weighted by Gasteiger charge is 2.49. The van der Waals surface area contributed by atoms with Crippen LogP contribution in [-0.4, -0.2) is 34.6 Å². The van der Waals surface area contributed by atoms with Crippen LogP contribution in [0.1, 0.15) is 59.5 Å². The summed E-state index contributed by atoms with van der Waals surface area (Å²) in [6.45, 7) is 3.17. The van der Waals surface area contributed by atoms with E-state index in [-0.39, 0.29) is 35.3 Å². The van der Waals surface area contributed by atoms with Gasteiger partial charge in [-0.25, -0.2) is 9.18 Å². The van der Waals surface area contributed by atoms with E-state index in [2.05, 4.69) is 0 Å². The van der Waals surface area contributed by atoms with Crippen molar-refractivity contribution in [1.82, 2.24) is 4.40 Å². The van der Waals surface area contributed by atoms with E-state index in [9.17, 15) is 14.7 Å². The Morgan fingerprint density at radius 2 is 2.03 bits per heavy atom. The topological polar surface area (TPSA) is 88.0 Å². The van der Waals surface area contributed by atoms with E-state index in [1.807, 2.05) is 11.8 Å². The standard InChI is InChI=1S/C21H24FN3O3.ClH/c1-11-17-13(12-3-4-12)7-14(20(27)28)19(26)25(17)8-15(22)18(11)24-9-16(23)21(10-24)5-2-6-21;/h7-8,12,16H,2-6,9-10,23H2,1H3,(H,27,28);1H. The molecule has 1 atom stereocenters. The quantitative estimate of drug-likeness (QED) is 0.795. The van der Waals surface area contributed by atoms with Crippen LogP contribution < -0.4 is 16.2 Å². The molecule has 3 heterocycles. The molecular weight excluding hydrogens is 397 g/mol. The van der Waals surface area contributed by atoms with Crippen LogP contribution in [0.4, 0.5) is 10.1 Å². The maximum absolute atomic E-state index is 15.2. The van der Waals surface area contributed by atoms with Crippen molar-refractivity contribution in [3.63, 3.8) is 0 Å². The first-order valence-corrected chi connectivity index (χ1v) is 9.94. The highest BCUT2D eigenvalue weighted by molar-refractivity contribution is 5.89. The first-order valence-electron chi connectivity index (χ1n) is 9.94. The lowest BCUT2D eigenvalue weighted by molar-refractivity contribution is 0.0694. The van der Waals surface area contributed by atoms with E-state index in [0.717, 1.165) is 44.0 Å². The predicted octanol–water partition coefficient (Wildman–Crippen LogP) is 3.06. The molecule has 3 fully saturated rings. The number of carboxylic acid groups (broad SMARTS) is 1. The molecule has 2 aromatic heterocycles. The highest BCUT2D eigenvalue weighted by atomic mass is 35.5. The summed E-state index contributed by atoms with van der Waals surface area (Å²) in [5.41, 5.74) is 8.17. The molecule has 0 aromatic carbocycles. The molecule has 0 radical (unpaired) electrons. The Kier molecular flexibility index (Phi) is 4.66. The van der Waals surface area contributed by atoms with Crippen molar-refractivity contribution < 1.29 is 14.3 Å². The Morgan fingerprint density at radius 3 is 2.55 bits per heavy atom. The van der Waals surface area contributed by atoms with Gasteiger partial charge in [0.15, 0.2) is 5.82 Å². The van der Waals surface area contributed by atoms with Gasteiger partial charge in [0.25, 0.3) is 5.56 Å². The Morgan fingerprint density at radius 1 is 1.34 bits per heavy atom. The van der Waals surface area contributed by atoms with Crippen molar-refractivity contribution in [3.05, 3.63) is 45.1 Å². The number of fused-ring (bicyclic) bond motifs is 1. The van der Waals surface area contributed by atoms with Crippen LogP contribution in [-0.2, 0) is 0 Å². The summed E-state index contributed by atoms with van der Waals surface area (Å²) in [5, 5.41) is 9.41. The van der Waals surface area contributed by atoms with Crippen LogP contribution in [0.2, 0.25) is 0 Å². The molecule has 3 N–H and O–H groups in total.